The van der Waals surface area contributed by atoms with E-state index in [0.717, 1.165) is 13.1 Å². The van der Waals surface area contributed by atoms with Crippen LogP contribution in [-0.2, 0) is 4.74 Å². The number of anilines is 1. The first-order chi connectivity index (χ1) is 9.72. The third-order valence-electron chi connectivity index (χ3n) is 3.77. The van der Waals surface area contributed by atoms with Gasteiger partial charge in [0, 0.05) is 6.54 Å². The molecule has 0 aliphatic carbocycles. The van der Waals surface area contributed by atoms with Gasteiger partial charge in [-0.25, -0.2) is 14.8 Å². The lowest BCUT2D eigenvalue weighted by Crippen LogP contribution is -2.35. The lowest BCUT2D eigenvalue weighted by atomic mass is 9.97. The second-order valence-corrected chi connectivity index (χ2v) is 5.04. The van der Waals surface area contributed by atoms with Crippen molar-refractivity contribution in [3.05, 3.63) is 18.1 Å². The molecule has 0 spiro atoms. The van der Waals surface area contributed by atoms with Gasteiger partial charge in [-0.15, -0.1) is 0 Å². The zero-order valence-corrected chi connectivity index (χ0v) is 12.1. The second kappa shape index (κ2) is 7.19. The molecule has 1 aromatic rings. The van der Waals surface area contributed by atoms with Crippen molar-refractivity contribution < 1.29 is 9.53 Å². The van der Waals surface area contributed by atoms with Crippen LogP contribution in [0.4, 0.5) is 5.82 Å². The number of carbonyl (C=O) groups is 1. The maximum Gasteiger partial charge on any atom is 0.358 e. The number of nitrogens with one attached hydrogen (secondary N) is 1. The summed E-state index contributed by atoms with van der Waals surface area (Å²) in [6.07, 6.45) is 5.45. The summed E-state index contributed by atoms with van der Waals surface area (Å²) in [6.45, 7) is 6.60. The fraction of sp³-hybridized carbons (Fsp3) is 0.643. The van der Waals surface area contributed by atoms with Crippen molar-refractivity contribution in [2.24, 2.45) is 5.92 Å². The Labute approximate surface area is 119 Å². The van der Waals surface area contributed by atoms with E-state index in [0.29, 0.717) is 11.7 Å². The summed E-state index contributed by atoms with van der Waals surface area (Å²) < 4.78 is 4.59. The zero-order valence-electron chi connectivity index (χ0n) is 12.1. The lowest BCUT2D eigenvalue weighted by molar-refractivity contribution is 0.0593. The van der Waals surface area contributed by atoms with Crippen LogP contribution in [0.5, 0.6) is 0 Å². The van der Waals surface area contributed by atoms with Crippen LogP contribution in [0.2, 0.25) is 0 Å². The molecule has 6 nitrogen and oxygen atoms in total. The molecule has 0 unspecified atom stereocenters. The molecule has 1 N–H and O–H groups in total. The number of aromatic nitrogens is 2. The standard InChI is InChI=1S/C14H22N4O2/c1-3-18-6-4-11(5-7-18)8-16-13-10-15-12(9-17-13)14(19)20-2/h9-11H,3-8H2,1-2H3,(H,16,17). The highest BCUT2D eigenvalue weighted by Gasteiger charge is 2.17. The van der Waals surface area contributed by atoms with Gasteiger partial charge >= 0.3 is 5.97 Å². The van der Waals surface area contributed by atoms with Gasteiger partial charge in [0.05, 0.1) is 19.5 Å². The van der Waals surface area contributed by atoms with Gasteiger partial charge in [0.1, 0.15) is 5.82 Å². The predicted molar refractivity (Wildman–Crippen MR) is 76.7 cm³/mol. The van der Waals surface area contributed by atoms with Crippen LogP contribution < -0.4 is 5.32 Å². The van der Waals surface area contributed by atoms with E-state index >= 15 is 0 Å². The monoisotopic (exact) mass is 278 g/mol. The Morgan fingerprint density at radius 3 is 2.70 bits per heavy atom. The molecule has 6 heteroatoms. The fourth-order valence-corrected chi connectivity index (χ4v) is 2.38. The van der Waals surface area contributed by atoms with Gasteiger partial charge in [-0.2, -0.15) is 0 Å². The number of carbonyl (C=O) groups excluding carboxylic acids is 1. The van der Waals surface area contributed by atoms with Crippen LogP contribution in [0, 0.1) is 5.92 Å². The van der Waals surface area contributed by atoms with E-state index in [2.05, 4.69) is 31.8 Å². The minimum Gasteiger partial charge on any atom is -0.464 e. The van der Waals surface area contributed by atoms with Crippen LogP contribution in [-0.4, -0.2) is 54.1 Å². The van der Waals surface area contributed by atoms with E-state index in [-0.39, 0.29) is 5.69 Å². The molecule has 2 rings (SSSR count). The molecule has 1 fully saturated rings. The SMILES string of the molecule is CCN1CCC(CNc2cnc(C(=O)OC)cn2)CC1. The molecule has 0 atom stereocenters. The number of hydrogen-bond acceptors (Lipinski definition) is 6. The number of likely N-dealkylation sites (tertiary alicyclic amines) is 1. The minimum absolute atomic E-state index is 0.231. The third kappa shape index (κ3) is 3.90. The first-order valence-corrected chi connectivity index (χ1v) is 7.09. The highest BCUT2D eigenvalue weighted by atomic mass is 16.5. The van der Waals surface area contributed by atoms with Crippen molar-refractivity contribution in [1.29, 1.82) is 0 Å². The Balaban J connectivity index is 1.78. The first kappa shape index (κ1) is 14.7. The van der Waals surface area contributed by atoms with Gasteiger partial charge in [0.2, 0.25) is 0 Å². The number of methoxy groups -OCH3 is 1. The van der Waals surface area contributed by atoms with Crippen molar-refractivity contribution in [2.45, 2.75) is 19.8 Å². The Kier molecular flexibility index (Phi) is 5.29. The maximum absolute atomic E-state index is 11.2. The first-order valence-electron chi connectivity index (χ1n) is 7.09. The molecular formula is C14H22N4O2. The Morgan fingerprint density at radius 2 is 2.15 bits per heavy atom. The van der Waals surface area contributed by atoms with Crippen LogP contribution in [0.3, 0.4) is 0 Å². The quantitative estimate of drug-likeness (QED) is 0.821. The number of piperidine rings is 1. The van der Waals surface area contributed by atoms with Gasteiger partial charge in [0.25, 0.3) is 0 Å². The van der Waals surface area contributed by atoms with E-state index in [1.54, 1.807) is 6.20 Å². The molecule has 0 aromatic carbocycles. The molecule has 0 amide bonds. The van der Waals surface area contributed by atoms with Crippen molar-refractivity contribution in [3.63, 3.8) is 0 Å². The molecular weight excluding hydrogens is 256 g/mol. The van der Waals surface area contributed by atoms with Crippen molar-refractivity contribution in [2.75, 3.05) is 38.6 Å². The Bertz CT molecular complexity index is 427. The Hall–Kier alpha value is -1.69. The normalized spacial score (nSPS) is 16.9. The highest BCUT2D eigenvalue weighted by molar-refractivity contribution is 5.86. The predicted octanol–water partition coefficient (Wildman–Crippen LogP) is 1.41. The third-order valence-corrected chi connectivity index (χ3v) is 3.77. The molecule has 0 radical (unpaired) electrons. The largest absolute Gasteiger partial charge is 0.464 e. The Morgan fingerprint density at radius 1 is 1.40 bits per heavy atom. The molecule has 2 heterocycles. The van der Waals surface area contributed by atoms with Gasteiger partial charge in [-0.3, -0.25) is 0 Å². The van der Waals surface area contributed by atoms with E-state index in [9.17, 15) is 4.79 Å². The summed E-state index contributed by atoms with van der Waals surface area (Å²) in [5.74, 6) is 0.923. The molecule has 1 saturated heterocycles. The van der Waals surface area contributed by atoms with E-state index in [1.165, 1.54) is 39.2 Å². The van der Waals surface area contributed by atoms with E-state index < -0.39 is 5.97 Å². The highest BCUT2D eigenvalue weighted by Crippen LogP contribution is 2.17. The van der Waals surface area contributed by atoms with E-state index in [1.807, 2.05) is 0 Å². The van der Waals surface area contributed by atoms with Gasteiger partial charge in [-0.05, 0) is 38.4 Å². The molecule has 1 aliphatic heterocycles. The average Bonchev–Trinajstić information content (AvgIpc) is 2.53. The van der Waals surface area contributed by atoms with Crippen LogP contribution in [0.25, 0.3) is 0 Å². The van der Waals surface area contributed by atoms with Crippen molar-refractivity contribution >= 4 is 11.8 Å². The number of nitrogens with zero attached hydrogens (tertiary/aromatic N) is 3. The second-order valence-electron chi connectivity index (χ2n) is 5.04. The maximum atomic E-state index is 11.2. The molecule has 0 bridgehead atoms. The number of esters is 1. The number of hydrogen-bond donors (Lipinski definition) is 1. The molecule has 110 valence electrons. The van der Waals surface area contributed by atoms with Crippen LogP contribution >= 0.6 is 0 Å². The summed E-state index contributed by atoms with van der Waals surface area (Å²) >= 11 is 0. The summed E-state index contributed by atoms with van der Waals surface area (Å²) in [5, 5.41) is 3.29. The summed E-state index contributed by atoms with van der Waals surface area (Å²) in [7, 11) is 1.33. The molecule has 1 aromatic heterocycles. The summed E-state index contributed by atoms with van der Waals surface area (Å²) in [4.78, 5) is 21.9. The topological polar surface area (TPSA) is 67.4 Å². The average molecular weight is 278 g/mol. The lowest BCUT2D eigenvalue weighted by Gasteiger charge is -2.31. The van der Waals surface area contributed by atoms with Gasteiger partial charge < -0.3 is 15.0 Å². The summed E-state index contributed by atoms with van der Waals surface area (Å²) in [6, 6.07) is 0. The summed E-state index contributed by atoms with van der Waals surface area (Å²) in [5.41, 5.74) is 0.231. The van der Waals surface area contributed by atoms with Gasteiger partial charge in [0.15, 0.2) is 5.69 Å². The van der Waals surface area contributed by atoms with Gasteiger partial charge in [-0.1, -0.05) is 6.92 Å². The number of ether oxygens (including phenoxy) is 1. The van der Waals surface area contributed by atoms with E-state index in [4.69, 9.17) is 0 Å². The van der Waals surface area contributed by atoms with Crippen molar-refractivity contribution in [1.82, 2.24) is 14.9 Å². The molecule has 0 saturated carbocycles. The molecule has 20 heavy (non-hydrogen) atoms. The van der Waals surface area contributed by atoms with Crippen LogP contribution in [0.1, 0.15) is 30.3 Å². The molecule has 1 aliphatic rings. The zero-order chi connectivity index (χ0) is 14.4. The van der Waals surface area contributed by atoms with Crippen molar-refractivity contribution in [3.8, 4) is 0 Å². The van der Waals surface area contributed by atoms with Crippen LogP contribution in [0.15, 0.2) is 12.4 Å². The fourth-order valence-electron chi connectivity index (χ4n) is 2.38. The number of rotatable bonds is 5. The smallest absolute Gasteiger partial charge is 0.358 e. The minimum atomic E-state index is -0.462.